The molecule has 8 heteroatoms. The molecule has 8 nitrogen and oxygen atoms in total. The zero-order valence-electron chi connectivity index (χ0n) is 19.4. The molecule has 0 radical (unpaired) electrons. The maximum atomic E-state index is 13.2. The second-order valence-electron chi connectivity index (χ2n) is 9.55. The lowest BCUT2D eigenvalue weighted by molar-refractivity contribution is -0.134. The first kappa shape index (κ1) is 22.8. The molecule has 0 spiro atoms. The Bertz CT molecular complexity index is 980. The average Bonchev–Trinajstić information content (AvgIpc) is 3.31. The number of amides is 2. The fourth-order valence-electron chi connectivity index (χ4n) is 4.96. The molecule has 2 N–H and O–H groups in total. The molecule has 34 heavy (non-hydrogen) atoms. The third-order valence-corrected chi connectivity index (χ3v) is 7.18. The summed E-state index contributed by atoms with van der Waals surface area (Å²) in [5, 5.41) is 6.24. The number of carbonyl (C=O) groups is 2. The van der Waals surface area contributed by atoms with Crippen LogP contribution in [0.3, 0.4) is 0 Å². The largest absolute Gasteiger partial charge is 0.478 e. The van der Waals surface area contributed by atoms with Crippen LogP contribution in [0.15, 0.2) is 48.8 Å². The number of ketones is 1. The molecular weight excluding hydrogens is 432 g/mol. The molecule has 3 aliphatic heterocycles. The predicted octanol–water partition coefficient (Wildman–Crippen LogP) is 3.21. The van der Waals surface area contributed by atoms with Crippen LogP contribution in [0.1, 0.15) is 37.2 Å². The van der Waals surface area contributed by atoms with Gasteiger partial charge in [0.05, 0.1) is 0 Å². The lowest BCUT2D eigenvalue weighted by Gasteiger charge is -2.39. The van der Waals surface area contributed by atoms with Gasteiger partial charge < -0.3 is 25.0 Å². The van der Waals surface area contributed by atoms with Crippen LogP contribution >= 0.6 is 0 Å². The topological polar surface area (TPSA) is 92.8 Å². The van der Waals surface area contributed by atoms with Crippen LogP contribution < -0.4 is 15.4 Å². The van der Waals surface area contributed by atoms with Crippen molar-refractivity contribution in [1.29, 1.82) is 0 Å². The van der Waals surface area contributed by atoms with E-state index in [1.807, 2.05) is 42.6 Å². The number of anilines is 1. The number of benzene rings is 1. The van der Waals surface area contributed by atoms with E-state index in [1.165, 1.54) is 0 Å². The Morgan fingerprint density at radius 3 is 2.65 bits per heavy atom. The first-order chi connectivity index (χ1) is 16.6. The first-order valence-electron chi connectivity index (χ1n) is 12.2. The van der Waals surface area contributed by atoms with E-state index < -0.39 is 5.60 Å². The predicted molar refractivity (Wildman–Crippen MR) is 128 cm³/mol. The number of urea groups is 1. The first-order valence-corrected chi connectivity index (χ1v) is 12.2. The van der Waals surface area contributed by atoms with Crippen LogP contribution in [-0.4, -0.2) is 66.7 Å². The third-order valence-electron chi connectivity index (χ3n) is 7.18. The van der Waals surface area contributed by atoms with E-state index >= 15 is 0 Å². The monoisotopic (exact) mass is 464 g/mol. The van der Waals surface area contributed by atoms with Crippen molar-refractivity contribution in [3.8, 4) is 5.75 Å². The van der Waals surface area contributed by atoms with Crippen molar-refractivity contribution in [1.82, 2.24) is 15.2 Å². The van der Waals surface area contributed by atoms with Crippen molar-refractivity contribution >= 4 is 17.5 Å². The smallest absolute Gasteiger partial charge is 0.321 e. The maximum absolute atomic E-state index is 13.2. The van der Waals surface area contributed by atoms with Crippen LogP contribution in [-0.2, 0) is 9.53 Å². The van der Waals surface area contributed by atoms with Gasteiger partial charge in [-0.25, -0.2) is 4.79 Å². The number of hydrogen-bond acceptors (Lipinski definition) is 6. The van der Waals surface area contributed by atoms with Crippen molar-refractivity contribution < 1.29 is 19.1 Å². The summed E-state index contributed by atoms with van der Waals surface area (Å²) in [4.78, 5) is 31.7. The summed E-state index contributed by atoms with van der Waals surface area (Å²) in [5.41, 5.74) is 1.05. The SMILES string of the molecule is O=C(Nc1ccc(O[C@]2(C(=O)CC3CCOCC3)CCNC2)cc1)N1CC(c2cccnc2)C1. The summed E-state index contributed by atoms with van der Waals surface area (Å²) in [6.07, 6.45) is 6.69. The molecule has 2 amide bonds. The molecule has 0 saturated carbocycles. The highest BCUT2D eigenvalue weighted by atomic mass is 16.5. The van der Waals surface area contributed by atoms with Gasteiger partial charge in [0.2, 0.25) is 0 Å². The van der Waals surface area contributed by atoms with Gasteiger partial charge in [-0.05, 0) is 61.2 Å². The minimum Gasteiger partial charge on any atom is -0.478 e. The van der Waals surface area contributed by atoms with E-state index in [0.717, 1.165) is 38.2 Å². The van der Waals surface area contributed by atoms with Crippen molar-refractivity contribution in [3.05, 3.63) is 54.4 Å². The van der Waals surface area contributed by atoms with Crippen LogP contribution in [0.2, 0.25) is 0 Å². The number of Topliss-reactive ketones (excluding diaryl/α,β-unsaturated/α-hetero) is 1. The van der Waals surface area contributed by atoms with Crippen molar-refractivity contribution in [2.24, 2.45) is 5.92 Å². The third kappa shape index (κ3) is 5.08. The number of carbonyl (C=O) groups excluding carboxylic acids is 2. The molecule has 1 aromatic carbocycles. The Balaban J connectivity index is 1.15. The lowest BCUT2D eigenvalue weighted by atomic mass is 9.86. The van der Waals surface area contributed by atoms with Gasteiger partial charge in [0.25, 0.3) is 0 Å². The lowest BCUT2D eigenvalue weighted by Crippen LogP contribution is -2.50. The fraction of sp³-hybridized carbons (Fsp3) is 0.500. The van der Waals surface area contributed by atoms with E-state index in [-0.39, 0.29) is 11.8 Å². The highest BCUT2D eigenvalue weighted by molar-refractivity contribution is 5.90. The van der Waals surface area contributed by atoms with Gasteiger partial charge in [-0.2, -0.15) is 0 Å². The molecule has 0 unspecified atom stereocenters. The summed E-state index contributed by atoms with van der Waals surface area (Å²) in [7, 11) is 0. The second-order valence-corrected chi connectivity index (χ2v) is 9.55. The van der Waals surface area contributed by atoms with Gasteiger partial charge in [0.15, 0.2) is 11.4 Å². The number of likely N-dealkylation sites (tertiary alicyclic amines) is 1. The van der Waals surface area contributed by atoms with Crippen molar-refractivity contribution in [3.63, 3.8) is 0 Å². The Morgan fingerprint density at radius 1 is 1.18 bits per heavy atom. The molecule has 1 atom stereocenters. The van der Waals surface area contributed by atoms with E-state index in [1.54, 1.807) is 11.1 Å². The Kier molecular flexibility index (Phi) is 6.78. The number of aromatic nitrogens is 1. The van der Waals surface area contributed by atoms with Crippen molar-refractivity contribution in [2.45, 2.75) is 37.2 Å². The maximum Gasteiger partial charge on any atom is 0.321 e. The number of ether oxygens (including phenoxy) is 2. The quantitative estimate of drug-likeness (QED) is 0.654. The molecule has 3 fully saturated rings. The molecule has 3 saturated heterocycles. The molecule has 0 bridgehead atoms. The molecule has 0 aliphatic carbocycles. The summed E-state index contributed by atoms with van der Waals surface area (Å²) >= 11 is 0. The normalized spacial score (nSPS) is 23.4. The number of nitrogens with zero attached hydrogens (tertiary/aromatic N) is 2. The van der Waals surface area contributed by atoms with Gasteiger partial charge in [-0.3, -0.25) is 9.78 Å². The molecule has 5 rings (SSSR count). The van der Waals surface area contributed by atoms with E-state index in [9.17, 15) is 9.59 Å². The minimum absolute atomic E-state index is 0.114. The van der Waals surface area contributed by atoms with Crippen LogP contribution in [0.25, 0.3) is 0 Å². The molecule has 4 heterocycles. The van der Waals surface area contributed by atoms with Gasteiger partial charge >= 0.3 is 6.03 Å². The average molecular weight is 465 g/mol. The van der Waals surface area contributed by atoms with Crippen LogP contribution in [0.4, 0.5) is 10.5 Å². The van der Waals surface area contributed by atoms with E-state index in [2.05, 4.69) is 15.6 Å². The van der Waals surface area contributed by atoms with Gasteiger partial charge in [-0.1, -0.05) is 6.07 Å². The zero-order chi connectivity index (χ0) is 23.4. The second kappa shape index (κ2) is 10.1. The molecule has 3 aliphatic rings. The summed E-state index contributed by atoms with van der Waals surface area (Å²) in [5.74, 6) is 1.52. The number of nitrogens with one attached hydrogen (secondary N) is 2. The Labute approximate surface area is 200 Å². The van der Waals surface area contributed by atoms with E-state index in [0.29, 0.717) is 55.7 Å². The van der Waals surface area contributed by atoms with Crippen LogP contribution in [0.5, 0.6) is 5.75 Å². The Morgan fingerprint density at radius 2 is 1.97 bits per heavy atom. The minimum atomic E-state index is -0.817. The molecule has 1 aromatic heterocycles. The molecule has 2 aromatic rings. The number of pyridine rings is 1. The summed E-state index contributed by atoms with van der Waals surface area (Å²) < 4.78 is 11.7. The van der Waals surface area contributed by atoms with Gasteiger partial charge in [0, 0.05) is 69.7 Å². The van der Waals surface area contributed by atoms with Crippen LogP contribution in [0, 0.1) is 5.92 Å². The standard InChI is InChI=1S/C26H32N4O4/c31-24(14-19-7-12-33-13-8-19)26(9-11-28-18-26)34-23-5-3-22(4-6-23)29-25(32)30-16-21(17-30)20-2-1-10-27-15-20/h1-6,10,15,19,21,28H,7-9,11-14,16-18H2,(H,29,32)/t26-/m1/s1. The summed E-state index contributed by atoms with van der Waals surface area (Å²) in [6.45, 7) is 4.13. The number of rotatable bonds is 7. The van der Waals surface area contributed by atoms with Crippen molar-refractivity contribution in [2.75, 3.05) is 44.7 Å². The fourth-order valence-corrected chi connectivity index (χ4v) is 4.96. The summed E-state index contributed by atoms with van der Waals surface area (Å²) in [6, 6.07) is 11.2. The number of hydrogen-bond donors (Lipinski definition) is 2. The molecular formula is C26H32N4O4. The molecule has 180 valence electrons. The van der Waals surface area contributed by atoms with Gasteiger partial charge in [-0.15, -0.1) is 0 Å². The zero-order valence-corrected chi connectivity index (χ0v) is 19.4. The van der Waals surface area contributed by atoms with E-state index in [4.69, 9.17) is 9.47 Å². The highest BCUT2D eigenvalue weighted by Gasteiger charge is 2.44. The Hall–Kier alpha value is -2.97. The highest BCUT2D eigenvalue weighted by Crippen LogP contribution is 2.31. The van der Waals surface area contributed by atoms with Gasteiger partial charge in [0.1, 0.15) is 5.75 Å².